The second kappa shape index (κ2) is 5.41. The maximum atomic E-state index is 12.8. The summed E-state index contributed by atoms with van der Waals surface area (Å²) in [5.41, 5.74) is 6.88. The number of nitrogens with one attached hydrogen (secondary N) is 1. The predicted molar refractivity (Wildman–Crippen MR) is 86.5 cm³/mol. The van der Waals surface area contributed by atoms with E-state index in [1.165, 1.54) is 12.1 Å². The number of alkyl halides is 3. The highest BCUT2D eigenvalue weighted by molar-refractivity contribution is 5.60. The van der Waals surface area contributed by atoms with E-state index in [0.29, 0.717) is 12.4 Å². The SMILES string of the molecule is CC(C)(C)N1CN(c2ccc(C(F)(F)F)cc2)C(N)c2c[nH]nc21. The minimum Gasteiger partial charge on any atom is -0.334 e. The van der Waals surface area contributed by atoms with Gasteiger partial charge in [-0.2, -0.15) is 18.3 Å². The van der Waals surface area contributed by atoms with Gasteiger partial charge in [0.1, 0.15) is 6.17 Å². The first kappa shape index (κ1) is 16.6. The van der Waals surface area contributed by atoms with Crippen LogP contribution in [-0.4, -0.2) is 22.4 Å². The molecule has 0 fully saturated rings. The number of nitrogens with two attached hydrogens (primary N) is 1. The third kappa shape index (κ3) is 2.82. The van der Waals surface area contributed by atoms with Crippen molar-refractivity contribution in [2.24, 2.45) is 5.73 Å². The van der Waals surface area contributed by atoms with E-state index in [1.54, 1.807) is 6.20 Å². The molecule has 130 valence electrons. The second-order valence-electron chi connectivity index (χ2n) is 6.86. The van der Waals surface area contributed by atoms with E-state index >= 15 is 0 Å². The lowest BCUT2D eigenvalue weighted by Gasteiger charge is -2.46. The standard InChI is InChI=1S/C16H20F3N5/c1-15(2,3)24-9-23(13(20)12-8-21-22-14(12)24)11-6-4-10(5-7-11)16(17,18)19/h4-8,13H,9,20H2,1-3H3,(H,21,22). The van der Waals surface area contributed by atoms with Crippen molar-refractivity contribution in [1.82, 2.24) is 10.2 Å². The highest BCUT2D eigenvalue weighted by Crippen LogP contribution is 2.38. The van der Waals surface area contributed by atoms with Crippen molar-refractivity contribution in [3.05, 3.63) is 41.6 Å². The Bertz CT molecular complexity index is 715. The quantitative estimate of drug-likeness (QED) is 0.835. The molecule has 1 unspecified atom stereocenters. The summed E-state index contributed by atoms with van der Waals surface area (Å²) in [5.74, 6) is 0.776. The van der Waals surface area contributed by atoms with Crippen LogP contribution >= 0.6 is 0 Å². The van der Waals surface area contributed by atoms with Crippen LogP contribution in [-0.2, 0) is 6.18 Å². The number of fused-ring (bicyclic) bond motifs is 1. The van der Waals surface area contributed by atoms with E-state index in [2.05, 4.69) is 15.1 Å². The minimum atomic E-state index is -4.35. The first-order chi connectivity index (χ1) is 11.1. The van der Waals surface area contributed by atoms with Crippen LogP contribution in [0.5, 0.6) is 0 Å². The number of halogens is 3. The summed E-state index contributed by atoms with van der Waals surface area (Å²) in [7, 11) is 0. The maximum Gasteiger partial charge on any atom is 0.416 e. The zero-order valence-electron chi connectivity index (χ0n) is 13.7. The summed E-state index contributed by atoms with van der Waals surface area (Å²) >= 11 is 0. The van der Waals surface area contributed by atoms with E-state index < -0.39 is 17.9 Å². The number of rotatable bonds is 1. The normalized spacial score (nSPS) is 18.7. The Morgan fingerprint density at radius 3 is 2.33 bits per heavy atom. The van der Waals surface area contributed by atoms with Crippen molar-refractivity contribution >= 4 is 11.5 Å². The summed E-state index contributed by atoms with van der Waals surface area (Å²) in [6, 6.07) is 5.06. The second-order valence-corrected chi connectivity index (χ2v) is 6.86. The largest absolute Gasteiger partial charge is 0.416 e. The molecule has 0 radical (unpaired) electrons. The highest BCUT2D eigenvalue weighted by Gasteiger charge is 2.37. The van der Waals surface area contributed by atoms with Crippen LogP contribution in [0.4, 0.5) is 24.7 Å². The molecule has 1 aliphatic rings. The molecule has 2 heterocycles. The summed E-state index contributed by atoms with van der Waals surface area (Å²) in [6.07, 6.45) is -3.10. The van der Waals surface area contributed by atoms with Gasteiger partial charge in [0.2, 0.25) is 0 Å². The smallest absolute Gasteiger partial charge is 0.334 e. The van der Waals surface area contributed by atoms with E-state index in [0.717, 1.165) is 23.5 Å². The van der Waals surface area contributed by atoms with Gasteiger partial charge in [-0.3, -0.25) is 5.10 Å². The van der Waals surface area contributed by atoms with Gasteiger partial charge in [0.25, 0.3) is 0 Å². The number of nitrogens with zero attached hydrogens (tertiary/aromatic N) is 3. The van der Waals surface area contributed by atoms with Crippen molar-refractivity contribution in [3.8, 4) is 0 Å². The lowest BCUT2D eigenvalue weighted by atomic mass is 10.0. The number of H-pyrrole nitrogens is 1. The molecular formula is C16H20F3N5. The van der Waals surface area contributed by atoms with Gasteiger partial charge in [-0.05, 0) is 45.0 Å². The van der Waals surface area contributed by atoms with Crippen LogP contribution in [0.3, 0.4) is 0 Å². The summed E-state index contributed by atoms with van der Waals surface area (Å²) < 4.78 is 38.3. The van der Waals surface area contributed by atoms with E-state index in [9.17, 15) is 13.2 Å². The van der Waals surface area contributed by atoms with E-state index in [4.69, 9.17) is 5.73 Å². The fourth-order valence-corrected chi connectivity index (χ4v) is 2.82. The topological polar surface area (TPSA) is 61.2 Å². The lowest BCUT2D eigenvalue weighted by Crippen LogP contribution is -2.54. The minimum absolute atomic E-state index is 0.214. The molecule has 0 saturated carbocycles. The van der Waals surface area contributed by atoms with Gasteiger partial charge in [-0.1, -0.05) is 0 Å². The number of anilines is 2. The van der Waals surface area contributed by atoms with Gasteiger partial charge in [-0.15, -0.1) is 0 Å². The molecule has 0 aliphatic carbocycles. The number of benzene rings is 1. The number of hydrogen-bond acceptors (Lipinski definition) is 4. The van der Waals surface area contributed by atoms with Crippen LogP contribution in [0.1, 0.15) is 38.1 Å². The average Bonchev–Trinajstić information content (AvgIpc) is 2.95. The first-order valence-corrected chi connectivity index (χ1v) is 7.60. The molecule has 1 aliphatic heterocycles. The molecule has 0 amide bonds. The third-order valence-electron chi connectivity index (χ3n) is 4.19. The molecular weight excluding hydrogens is 319 g/mol. The van der Waals surface area contributed by atoms with Crippen molar-refractivity contribution in [2.75, 3.05) is 16.5 Å². The molecule has 5 nitrogen and oxygen atoms in total. The van der Waals surface area contributed by atoms with Gasteiger partial charge in [0.15, 0.2) is 5.82 Å². The highest BCUT2D eigenvalue weighted by atomic mass is 19.4. The van der Waals surface area contributed by atoms with Crippen molar-refractivity contribution in [1.29, 1.82) is 0 Å². The van der Waals surface area contributed by atoms with Crippen LogP contribution in [0.15, 0.2) is 30.5 Å². The van der Waals surface area contributed by atoms with Gasteiger partial charge in [0, 0.05) is 17.4 Å². The van der Waals surface area contributed by atoms with Crippen LogP contribution in [0.2, 0.25) is 0 Å². The molecule has 0 spiro atoms. The summed E-state index contributed by atoms with van der Waals surface area (Å²) in [4.78, 5) is 3.93. The van der Waals surface area contributed by atoms with Crippen molar-refractivity contribution < 1.29 is 13.2 Å². The molecule has 3 N–H and O–H groups in total. The Kier molecular flexibility index (Phi) is 3.75. The van der Waals surface area contributed by atoms with Crippen molar-refractivity contribution in [2.45, 2.75) is 38.7 Å². The van der Waals surface area contributed by atoms with E-state index in [-0.39, 0.29) is 5.54 Å². The van der Waals surface area contributed by atoms with Gasteiger partial charge in [-0.25, -0.2) is 0 Å². The molecule has 2 aromatic rings. The van der Waals surface area contributed by atoms with E-state index in [1.807, 2.05) is 25.7 Å². The fraction of sp³-hybridized carbons (Fsp3) is 0.438. The molecule has 1 aromatic carbocycles. The Balaban J connectivity index is 1.97. The maximum absolute atomic E-state index is 12.8. The number of hydrogen-bond donors (Lipinski definition) is 2. The zero-order valence-corrected chi connectivity index (χ0v) is 13.7. The first-order valence-electron chi connectivity index (χ1n) is 7.60. The molecule has 1 atom stereocenters. The molecule has 3 rings (SSSR count). The Labute approximate surface area is 138 Å². The Hall–Kier alpha value is -2.22. The van der Waals surface area contributed by atoms with Gasteiger partial charge < -0.3 is 15.5 Å². The van der Waals surface area contributed by atoms with Crippen LogP contribution < -0.4 is 15.5 Å². The summed E-state index contributed by atoms with van der Waals surface area (Å²) in [5, 5.41) is 7.10. The molecule has 0 bridgehead atoms. The number of aromatic nitrogens is 2. The zero-order chi connectivity index (χ0) is 17.7. The molecule has 0 saturated heterocycles. The monoisotopic (exact) mass is 339 g/mol. The van der Waals surface area contributed by atoms with Crippen LogP contribution in [0, 0.1) is 0 Å². The third-order valence-corrected chi connectivity index (χ3v) is 4.19. The lowest BCUT2D eigenvalue weighted by molar-refractivity contribution is -0.137. The molecule has 24 heavy (non-hydrogen) atoms. The predicted octanol–water partition coefficient (Wildman–Crippen LogP) is 3.47. The number of aromatic amines is 1. The van der Waals surface area contributed by atoms with Crippen molar-refractivity contribution in [3.63, 3.8) is 0 Å². The Morgan fingerprint density at radius 2 is 1.79 bits per heavy atom. The van der Waals surface area contributed by atoms with Gasteiger partial charge in [0.05, 0.1) is 17.8 Å². The van der Waals surface area contributed by atoms with Gasteiger partial charge >= 0.3 is 6.18 Å². The van der Waals surface area contributed by atoms with Crippen LogP contribution in [0.25, 0.3) is 0 Å². The average molecular weight is 339 g/mol. The summed E-state index contributed by atoms with van der Waals surface area (Å²) in [6.45, 7) is 6.58. The fourth-order valence-electron chi connectivity index (χ4n) is 2.82. The Morgan fingerprint density at radius 1 is 1.17 bits per heavy atom. The molecule has 1 aromatic heterocycles. The molecule has 8 heteroatoms.